The number of pyridine rings is 1. The number of carbonyl (C=O) groups is 1. The van der Waals surface area contributed by atoms with Gasteiger partial charge in [-0.1, -0.05) is 37.3 Å². The minimum absolute atomic E-state index is 0.145. The first-order chi connectivity index (χ1) is 13.3. The molecule has 0 unspecified atom stereocenters. The topological polar surface area (TPSA) is 114 Å². The molecule has 28 heavy (non-hydrogen) atoms. The van der Waals surface area contributed by atoms with Crippen molar-refractivity contribution in [3.63, 3.8) is 0 Å². The van der Waals surface area contributed by atoms with Gasteiger partial charge >= 0.3 is 0 Å². The Balaban J connectivity index is 1.67. The lowest BCUT2D eigenvalue weighted by Gasteiger charge is -2.07. The fraction of sp³-hybridized carbons (Fsp3) is 0.222. The molecule has 0 radical (unpaired) electrons. The summed E-state index contributed by atoms with van der Waals surface area (Å²) >= 11 is 0.799. The van der Waals surface area contributed by atoms with Gasteiger partial charge in [-0.05, 0) is 41.8 Å². The molecule has 1 amide bonds. The molecule has 0 saturated heterocycles. The number of sulfonamides is 1. The van der Waals surface area contributed by atoms with Crippen LogP contribution in [-0.2, 0) is 21.2 Å². The van der Waals surface area contributed by atoms with Gasteiger partial charge in [-0.15, -0.1) is 10.2 Å². The molecule has 0 aliphatic carbocycles. The number of aromatic nitrogens is 3. The zero-order chi connectivity index (χ0) is 20.1. The van der Waals surface area contributed by atoms with Crippen molar-refractivity contribution < 1.29 is 13.2 Å². The number of hydrogen-bond donors (Lipinski definition) is 2. The molecule has 3 aromatic rings. The highest BCUT2D eigenvalue weighted by Crippen LogP contribution is 2.23. The van der Waals surface area contributed by atoms with Gasteiger partial charge < -0.3 is 5.32 Å². The molecule has 0 bridgehead atoms. The third kappa shape index (κ3) is 5.11. The van der Waals surface area contributed by atoms with Crippen LogP contribution in [-0.4, -0.2) is 29.5 Å². The van der Waals surface area contributed by atoms with E-state index >= 15 is 0 Å². The number of nitrogens with zero attached hydrogens (tertiary/aromatic N) is 3. The normalized spacial score (nSPS) is 11.4. The molecule has 2 heterocycles. The minimum atomic E-state index is -3.88. The van der Waals surface area contributed by atoms with Crippen LogP contribution in [0.5, 0.6) is 0 Å². The Bertz CT molecular complexity index is 1050. The largest absolute Gasteiger partial charge is 0.300 e. The van der Waals surface area contributed by atoms with Crippen LogP contribution < -0.4 is 10.0 Å². The molecule has 1 aromatic carbocycles. The maximum atomic E-state index is 12.5. The second-order valence-electron chi connectivity index (χ2n) is 6.35. The van der Waals surface area contributed by atoms with Gasteiger partial charge in [0.25, 0.3) is 14.4 Å². The number of hydrogen-bond acceptors (Lipinski definition) is 7. The predicted octanol–water partition coefficient (Wildman–Crippen LogP) is 2.92. The predicted molar refractivity (Wildman–Crippen MR) is 108 cm³/mol. The Morgan fingerprint density at radius 3 is 2.32 bits per heavy atom. The quantitative estimate of drug-likeness (QED) is 0.571. The van der Waals surface area contributed by atoms with Crippen molar-refractivity contribution in [3.8, 4) is 0 Å². The average molecular weight is 418 g/mol. The van der Waals surface area contributed by atoms with Crippen LogP contribution in [0.3, 0.4) is 0 Å². The van der Waals surface area contributed by atoms with E-state index in [1.807, 2.05) is 24.3 Å². The highest BCUT2D eigenvalue weighted by atomic mass is 32.2. The molecule has 0 aliphatic rings. The third-order valence-electron chi connectivity index (χ3n) is 3.75. The zero-order valence-corrected chi connectivity index (χ0v) is 16.9. The number of rotatable bonds is 7. The standard InChI is InChI=1S/C18H19N5O3S2/c1-12(2)16(24)20-17-21-22-18(27-17)28(25,26)23-15-5-3-13(4-6-15)11-14-7-9-19-10-8-14/h3-10,12,23H,11H2,1-2H3,(H,20,21,24). The molecule has 10 heteroatoms. The molecule has 2 aromatic heterocycles. The molecule has 0 saturated carbocycles. The second kappa shape index (κ2) is 8.44. The van der Waals surface area contributed by atoms with E-state index in [1.54, 1.807) is 38.4 Å². The van der Waals surface area contributed by atoms with E-state index in [0.29, 0.717) is 5.69 Å². The number of benzene rings is 1. The van der Waals surface area contributed by atoms with Crippen molar-refractivity contribution in [2.75, 3.05) is 10.0 Å². The van der Waals surface area contributed by atoms with Gasteiger partial charge in [-0.3, -0.25) is 14.5 Å². The SMILES string of the molecule is CC(C)C(=O)Nc1nnc(S(=O)(=O)Nc2ccc(Cc3ccncc3)cc2)s1. The minimum Gasteiger partial charge on any atom is -0.300 e. The van der Waals surface area contributed by atoms with E-state index in [0.717, 1.165) is 28.9 Å². The Morgan fingerprint density at radius 1 is 1.04 bits per heavy atom. The van der Waals surface area contributed by atoms with E-state index in [1.165, 1.54) is 0 Å². The lowest BCUT2D eigenvalue weighted by molar-refractivity contribution is -0.118. The summed E-state index contributed by atoms with van der Waals surface area (Å²) in [6, 6.07) is 11.0. The molecular weight excluding hydrogens is 398 g/mol. The van der Waals surface area contributed by atoms with E-state index < -0.39 is 10.0 Å². The monoisotopic (exact) mass is 417 g/mol. The summed E-state index contributed by atoms with van der Waals surface area (Å²) in [5.74, 6) is -0.495. The summed E-state index contributed by atoms with van der Waals surface area (Å²) < 4.78 is 27.2. The van der Waals surface area contributed by atoms with Crippen LogP contribution in [0.25, 0.3) is 0 Å². The van der Waals surface area contributed by atoms with Crippen LogP contribution in [0, 0.1) is 5.92 Å². The van der Waals surface area contributed by atoms with Crippen LogP contribution in [0.15, 0.2) is 53.1 Å². The van der Waals surface area contributed by atoms with Crippen molar-refractivity contribution in [1.82, 2.24) is 15.2 Å². The van der Waals surface area contributed by atoms with Crippen LogP contribution in [0.1, 0.15) is 25.0 Å². The molecule has 0 aliphatic heterocycles. The Morgan fingerprint density at radius 2 is 1.68 bits per heavy atom. The van der Waals surface area contributed by atoms with E-state index in [4.69, 9.17) is 0 Å². The van der Waals surface area contributed by atoms with Gasteiger partial charge in [0.2, 0.25) is 11.0 Å². The van der Waals surface area contributed by atoms with Crippen molar-refractivity contribution in [2.45, 2.75) is 24.6 Å². The molecule has 146 valence electrons. The highest BCUT2D eigenvalue weighted by molar-refractivity contribution is 7.94. The van der Waals surface area contributed by atoms with E-state index in [-0.39, 0.29) is 21.3 Å². The highest BCUT2D eigenvalue weighted by Gasteiger charge is 2.21. The lowest BCUT2D eigenvalue weighted by atomic mass is 10.1. The molecule has 0 spiro atoms. The van der Waals surface area contributed by atoms with Crippen LogP contribution in [0.4, 0.5) is 10.8 Å². The summed E-state index contributed by atoms with van der Waals surface area (Å²) in [4.78, 5) is 15.7. The van der Waals surface area contributed by atoms with Gasteiger partial charge in [0.05, 0.1) is 0 Å². The van der Waals surface area contributed by atoms with Crippen molar-refractivity contribution in [2.24, 2.45) is 5.92 Å². The lowest BCUT2D eigenvalue weighted by Crippen LogP contribution is -2.17. The molecule has 0 atom stereocenters. The summed E-state index contributed by atoms with van der Waals surface area (Å²) in [6.07, 6.45) is 4.19. The summed E-state index contributed by atoms with van der Waals surface area (Å²) in [6.45, 7) is 3.46. The Kier molecular flexibility index (Phi) is 6.00. The van der Waals surface area contributed by atoms with Gasteiger partial charge in [0.1, 0.15) is 0 Å². The first-order valence-electron chi connectivity index (χ1n) is 8.48. The van der Waals surface area contributed by atoms with Crippen molar-refractivity contribution in [3.05, 3.63) is 59.9 Å². The molecule has 2 N–H and O–H groups in total. The first-order valence-corrected chi connectivity index (χ1v) is 10.8. The summed E-state index contributed by atoms with van der Waals surface area (Å²) in [5.41, 5.74) is 2.58. The number of carbonyl (C=O) groups excluding carboxylic acids is 1. The number of amides is 1. The fourth-order valence-corrected chi connectivity index (χ4v) is 4.21. The number of nitrogens with one attached hydrogen (secondary N) is 2. The van der Waals surface area contributed by atoms with E-state index in [2.05, 4.69) is 25.2 Å². The molecular formula is C18H19N5O3S2. The zero-order valence-electron chi connectivity index (χ0n) is 15.3. The van der Waals surface area contributed by atoms with Crippen LogP contribution >= 0.6 is 11.3 Å². The maximum Gasteiger partial charge on any atom is 0.291 e. The smallest absolute Gasteiger partial charge is 0.291 e. The molecule has 3 rings (SSSR count). The average Bonchev–Trinajstić information content (AvgIpc) is 3.13. The third-order valence-corrected chi connectivity index (χ3v) is 6.34. The summed E-state index contributed by atoms with van der Waals surface area (Å²) in [5, 5.41) is 10.1. The van der Waals surface area contributed by atoms with Crippen LogP contribution in [0.2, 0.25) is 0 Å². The maximum absolute atomic E-state index is 12.5. The van der Waals surface area contributed by atoms with Crippen molar-refractivity contribution in [1.29, 1.82) is 0 Å². The van der Waals surface area contributed by atoms with E-state index in [9.17, 15) is 13.2 Å². The first kappa shape index (κ1) is 19.9. The van der Waals surface area contributed by atoms with Gasteiger partial charge in [-0.25, -0.2) is 0 Å². The van der Waals surface area contributed by atoms with Crippen molar-refractivity contribution >= 4 is 38.1 Å². The molecule has 8 nitrogen and oxygen atoms in total. The fourth-order valence-electron chi connectivity index (χ4n) is 2.24. The van der Waals surface area contributed by atoms with Gasteiger partial charge in [0, 0.05) is 24.0 Å². The van der Waals surface area contributed by atoms with Gasteiger partial charge in [-0.2, -0.15) is 8.42 Å². The molecule has 0 fully saturated rings. The Hall–Kier alpha value is -2.85. The second-order valence-corrected chi connectivity index (χ2v) is 9.19. The number of anilines is 2. The van der Waals surface area contributed by atoms with Gasteiger partial charge in [0.15, 0.2) is 0 Å². The summed E-state index contributed by atoms with van der Waals surface area (Å²) in [7, 11) is -3.88. The Labute approximate surface area is 167 Å².